The fourth-order valence-corrected chi connectivity index (χ4v) is 2.95. The van der Waals surface area contributed by atoms with Crippen LogP contribution in [0.4, 0.5) is 5.69 Å². The molecule has 0 aliphatic heterocycles. The van der Waals surface area contributed by atoms with E-state index < -0.39 is 6.10 Å². The molecule has 0 saturated carbocycles. The largest absolute Gasteiger partial charge is 0.497 e. The second kappa shape index (κ2) is 7.57. The molecule has 0 fully saturated rings. The maximum Gasteiger partial charge on any atom is 0.328 e. The zero-order chi connectivity index (χ0) is 19.6. The van der Waals surface area contributed by atoms with Gasteiger partial charge in [0.05, 0.1) is 18.1 Å². The van der Waals surface area contributed by atoms with Gasteiger partial charge in [0.1, 0.15) is 11.5 Å². The number of hydrogen-bond donors (Lipinski definition) is 1. The number of rotatable bonds is 6. The van der Waals surface area contributed by atoms with Gasteiger partial charge in [0.25, 0.3) is 5.91 Å². The van der Waals surface area contributed by atoms with E-state index >= 15 is 0 Å². The molecule has 1 amide bonds. The Morgan fingerprint density at radius 1 is 1.04 bits per heavy atom. The summed E-state index contributed by atoms with van der Waals surface area (Å²) in [6.07, 6.45) is -0.113. The van der Waals surface area contributed by atoms with Crippen LogP contribution in [0.1, 0.15) is 13.3 Å². The number of nitrogens with one attached hydrogen (secondary N) is 1. The Morgan fingerprint density at radius 3 is 2.30 bits per heavy atom. The minimum atomic E-state index is -0.631. The standard InChI is InChI=1S/C20H23N3O4/c1-5-18(27-15-9-7-14(26-4)8-10-15)19(24)21-13-6-11-16-17(12-13)23(3)20(25)22(16)2/h6-12,18H,5H2,1-4H3,(H,21,24)/t18-/m0/s1. The molecule has 7 heteroatoms. The third-order valence-electron chi connectivity index (χ3n) is 4.54. The van der Waals surface area contributed by atoms with Gasteiger partial charge in [-0.3, -0.25) is 13.9 Å². The predicted molar refractivity (Wildman–Crippen MR) is 104 cm³/mol. The highest BCUT2D eigenvalue weighted by Crippen LogP contribution is 2.21. The number of carbonyl (C=O) groups excluding carboxylic acids is 1. The second-order valence-electron chi connectivity index (χ2n) is 6.28. The number of imidazole rings is 1. The number of aryl methyl sites for hydroxylation is 2. The van der Waals surface area contributed by atoms with Gasteiger partial charge in [0, 0.05) is 19.8 Å². The molecule has 1 aromatic heterocycles. The lowest BCUT2D eigenvalue weighted by Gasteiger charge is -2.17. The molecule has 0 bridgehead atoms. The fourth-order valence-electron chi connectivity index (χ4n) is 2.95. The molecular weight excluding hydrogens is 346 g/mol. The Kier molecular flexibility index (Phi) is 5.21. The van der Waals surface area contributed by atoms with E-state index in [1.807, 2.05) is 13.0 Å². The first-order chi connectivity index (χ1) is 12.9. The van der Waals surface area contributed by atoms with E-state index in [0.29, 0.717) is 17.9 Å². The Bertz CT molecular complexity index is 1020. The monoisotopic (exact) mass is 369 g/mol. The van der Waals surface area contributed by atoms with Gasteiger partial charge in [-0.05, 0) is 48.9 Å². The van der Waals surface area contributed by atoms with Crippen molar-refractivity contribution >= 4 is 22.6 Å². The first kappa shape index (κ1) is 18.6. The van der Waals surface area contributed by atoms with E-state index in [1.54, 1.807) is 66.7 Å². The van der Waals surface area contributed by atoms with Crippen LogP contribution in [0, 0.1) is 0 Å². The normalized spacial score (nSPS) is 12.0. The lowest BCUT2D eigenvalue weighted by Crippen LogP contribution is -2.32. The zero-order valence-corrected chi connectivity index (χ0v) is 15.9. The van der Waals surface area contributed by atoms with Crippen LogP contribution in [0.3, 0.4) is 0 Å². The molecule has 1 N–H and O–H groups in total. The quantitative estimate of drug-likeness (QED) is 0.725. The molecule has 2 aromatic carbocycles. The summed E-state index contributed by atoms with van der Waals surface area (Å²) < 4.78 is 14.0. The number of nitrogens with zero attached hydrogens (tertiary/aromatic N) is 2. The van der Waals surface area contributed by atoms with Crippen LogP contribution in [0.5, 0.6) is 11.5 Å². The van der Waals surface area contributed by atoms with E-state index in [0.717, 1.165) is 16.8 Å². The maximum atomic E-state index is 12.6. The Hall–Kier alpha value is -3.22. The first-order valence-electron chi connectivity index (χ1n) is 8.71. The fraction of sp³-hybridized carbons (Fsp3) is 0.300. The number of amides is 1. The van der Waals surface area contributed by atoms with Crippen molar-refractivity contribution in [2.45, 2.75) is 19.4 Å². The third-order valence-corrected chi connectivity index (χ3v) is 4.54. The number of benzene rings is 2. The number of carbonyl (C=O) groups is 1. The molecule has 0 saturated heterocycles. The van der Waals surface area contributed by atoms with Gasteiger partial charge < -0.3 is 14.8 Å². The number of anilines is 1. The average Bonchev–Trinajstić information content (AvgIpc) is 2.90. The lowest BCUT2D eigenvalue weighted by molar-refractivity contribution is -0.122. The van der Waals surface area contributed by atoms with Crippen molar-refractivity contribution in [2.24, 2.45) is 14.1 Å². The van der Waals surface area contributed by atoms with Crippen LogP contribution in [0.2, 0.25) is 0 Å². The van der Waals surface area contributed by atoms with Crippen LogP contribution in [0.15, 0.2) is 47.3 Å². The van der Waals surface area contributed by atoms with Gasteiger partial charge in [-0.25, -0.2) is 4.79 Å². The highest BCUT2D eigenvalue weighted by molar-refractivity contribution is 5.96. The second-order valence-corrected chi connectivity index (χ2v) is 6.28. The number of hydrogen-bond acceptors (Lipinski definition) is 4. The van der Waals surface area contributed by atoms with Crippen molar-refractivity contribution in [3.63, 3.8) is 0 Å². The lowest BCUT2D eigenvalue weighted by atomic mass is 10.2. The van der Waals surface area contributed by atoms with Gasteiger partial charge in [-0.1, -0.05) is 6.92 Å². The SMILES string of the molecule is CC[C@H](Oc1ccc(OC)cc1)C(=O)Nc1ccc2c(c1)n(C)c(=O)n2C. The molecule has 3 aromatic rings. The topological polar surface area (TPSA) is 74.5 Å². The molecule has 7 nitrogen and oxygen atoms in total. The Morgan fingerprint density at radius 2 is 1.67 bits per heavy atom. The highest BCUT2D eigenvalue weighted by Gasteiger charge is 2.19. The van der Waals surface area contributed by atoms with Crippen molar-refractivity contribution in [2.75, 3.05) is 12.4 Å². The summed E-state index contributed by atoms with van der Waals surface area (Å²) in [5.74, 6) is 1.08. The Balaban J connectivity index is 1.77. The van der Waals surface area contributed by atoms with Gasteiger partial charge in [-0.15, -0.1) is 0 Å². The van der Waals surface area contributed by atoms with Crippen molar-refractivity contribution in [3.05, 3.63) is 52.9 Å². The van der Waals surface area contributed by atoms with Crippen LogP contribution in [-0.2, 0) is 18.9 Å². The van der Waals surface area contributed by atoms with Crippen LogP contribution >= 0.6 is 0 Å². The molecule has 27 heavy (non-hydrogen) atoms. The number of aromatic nitrogens is 2. The van der Waals surface area contributed by atoms with Crippen molar-refractivity contribution in [1.82, 2.24) is 9.13 Å². The number of fused-ring (bicyclic) bond motifs is 1. The van der Waals surface area contributed by atoms with Crippen LogP contribution in [0.25, 0.3) is 11.0 Å². The van der Waals surface area contributed by atoms with Crippen molar-refractivity contribution < 1.29 is 14.3 Å². The number of ether oxygens (including phenoxy) is 2. The molecule has 0 radical (unpaired) electrons. The van der Waals surface area contributed by atoms with Crippen LogP contribution in [-0.4, -0.2) is 28.3 Å². The first-order valence-corrected chi connectivity index (χ1v) is 8.71. The molecule has 0 unspecified atom stereocenters. The van der Waals surface area contributed by atoms with Crippen molar-refractivity contribution in [1.29, 1.82) is 0 Å². The summed E-state index contributed by atoms with van der Waals surface area (Å²) >= 11 is 0. The van der Waals surface area contributed by atoms with E-state index in [1.165, 1.54) is 0 Å². The van der Waals surface area contributed by atoms with E-state index in [-0.39, 0.29) is 11.6 Å². The predicted octanol–water partition coefficient (Wildman–Crippen LogP) is 2.68. The molecule has 0 aliphatic carbocycles. The molecule has 142 valence electrons. The minimum Gasteiger partial charge on any atom is -0.497 e. The van der Waals surface area contributed by atoms with E-state index in [2.05, 4.69) is 5.32 Å². The summed E-state index contributed by atoms with van der Waals surface area (Å²) in [5.41, 5.74) is 2.07. The molecular formula is C20H23N3O4. The van der Waals surface area contributed by atoms with Crippen molar-refractivity contribution in [3.8, 4) is 11.5 Å². The number of methoxy groups -OCH3 is 1. The summed E-state index contributed by atoms with van der Waals surface area (Å²) in [5, 5.41) is 2.87. The summed E-state index contributed by atoms with van der Waals surface area (Å²) in [6, 6.07) is 12.5. The van der Waals surface area contributed by atoms with Gasteiger partial charge >= 0.3 is 5.69 Å². The Labute approximate surface area is 157 Å². The summed E-state index contributed by atoms with van der Waals surface area (Å²) in [4.78, 5) is 24.7. The molecule has 1 heterocycles. The third kappa shape index (κ3) is 3.67. The molecule has 1 atom stereocenters. The van der Waals surface area contributed by atoms with Gasteiger partial charge in [0.15, 0.2) is 6.10 Å². The highest BCUT2D eigenvalue weighted by atomic mass is 16.5. The van der Waals surface area contributed by atoms with E-state index in [4.69, 9.17) is 9.47 Å². The van der Waals surface area contributed by atoms with Gasteiger partial charge in [0.2, 0.25) is 0 Å². The van der Waals surface area contributed by atoms with Gasteiger partial charge in [-0.2, -0.15) is 0 Å². The zero-order valence-electron chi connectivity index (χ0n) is 15.9. The van der Waals surface area contributed by atoms with Crippen LogP contribution < -0.4 is 20.5 Å². The molecule has 0 aliphatic rings. The molecule has 0 spiro atoms. The summed E-state index contributed by atoms with van der Waals surface area (Å²) in [7, 11) is 5.02. The molecule has 3 rings (SSSR count). The maximum absolute atomic E-state index is 12.6. The smallest absolute Gasteiger partial charge is 0.328 e. The summed E-state index contributed by atoms with van der Waals surface area (Å²) in [6.45, 7) is 1.89. The average molecular weight is 369 g/mol. The minimum absolute atomic E-state index is 0.109. The van der Waals surface area contributed by atoms with E-state index in [9.17, 15) is 9.59 Å².